The summed E-state index contributed by atoms with van der Waals surface area (Å²) in [5.41, 5.74) is -2.91. The van der Waals surface area contributed by atoms with E-state index in [1.165, 1.54) is 12.1 Å². The standard InChI is InChI=1S/C21H21F6N3O3/c22-20(23,24)15-9-14(10-16(11-15)21(25,26)27)12-33-13-19(29-7-5-28-6-8-29)17-3-1-2-4-18(17)30(31)32/h1-4,9-11,19,28H,5-8,12-13H2. The van der Waals surface area contributed by atoms with Crippen LogP contribution in [0, 0.1) is 10.1 Å². The molecule has 1 aliphatic rings. The molecule has 1 atom stereocenters. The summed E-state index contributed by atoms with van der Waals surface area (Å²) in [6.45, 7) is 1.67. The zero-order valence-electron chi connectivity index (χ0n) is 17.2. The van der Waals surface area contributed by atoms with Crippen LogP contribution >= 0.6 is 0 Å². The van der Waals surface area contributed by atoms with Gasteiger partial charge < -0.3 is 10.1 Å². The van der Waals surface area contributed by atoms with Crippen LogP contribution in [0.1, 0.15) is 28.3 Å². The highest BCUT2D eigenvalue weighted by molar-refractivity contribution is 5.42. The van der Waals surface area contributed by atoms with Crippen molar-refractivity contribution in [3.05, 3.63) is 74.8 Å². The van der Waals surface area contributed by atoms with E-state index in [9.17, 15) is 36.5 Å². The first-order valence-corrected chi connectivity index (χ1v) is 10.0. The van der Waals surface area contributed by atoms with Crippen LogP contribution in [0.3, 0.4) is 0 Å². The van der Waals surface area contributed by atoms with Crippen LogP contribution in [-0.2, 0) is 23.7 Å². The summed E-state index contributed by atoms with van der Waals surface area (Å²) in [4.78, 5) is 12.9. The number of hydrogen-bond donors (Lipinski definition) is 1. The van der Waals surface area contributed by atoms with Crippen molar-refractivity contribution in [1.82, 2.24) is 10.2 Å². The average molecular weight is 477 g/mol. The van der Waals surface area contributed by atoms with Crippen LogP contribution < -0.4 is 5.32 Å². The smallest absolute Gasteiger partial charge is 0.375 e. The van der Waals surface area contributed by atoms with Crippen LogP contribution in [0.5, 0.6) is 0 Å². The fraction of sp³-hybridized carbons (Fsp3) is 0.429. The minimum Gasteiger partial charge on any atom is -0.375 e. The average Bonchev–Trinajstić information content (AvgIpc) is 2.76. The van der Waals surface area contributed by atoms with Gasteiger partial charge in [-0.25, -0.2) is 0 Å². The molecule has 0 bridgehead atoms. The number of benzene rings is 2. The van der Waals surface area contributed by atoms with Gasteiger partial charge in [0.05, 0.1) is 35.3 Å². The Morgan fingerprint density at radius 1 is 1.00 bits per heavy atom. The van der Waals surface area contributed by atoms with Gasteiger partial charge in [0.2, 0.25) is 0 Å². The number of alkyl halides is 6. The SMILES string of the molecule is O=[N+]([O-])c1ccccc1C(COCc1cc(C(F)(F)F)cc(C(F)(F)F)c1)N1CCNCC1. The molecule has 1 saturated heterocycles. The number of nitrogens with zero attached hydrogens (tertiary/aromatic N) is 2. The summed E-state index contributed by atoms with van der Waals surface area (Å²) in [6, 6.07) is 6.73. The highest BCUT2D eigenvalue weighted by atomic mass is 19.4. The minimum atomic E-state index is -4.95. The maximum Gasteiger partial charge on any atom is 0.416 e. The molecule has 1 fully saturated rings. The molecule has 1 N–H and O–H groups in total. The molecule has 180 valence electrons. The maximum atomic E-state index is 13.1. The van der Waals surface area contributed by atoms with Gasteiger partial charge in [0.15, 0.2) is 0 Å². The molecule has 12 heteroatoms. The molecule has 2 aromatic rings. The fourth-order valence-electron chi connectivity index (χ4n) is 3.71. The monoisotopic (exact) mass is 477 g/mol. The Balaban J connectivity index is 1.84. The summed E-state index contributed by atoms with van der Waals surface area (Å²) in [5, 5.41) is 14.6. The van der Waals surface area contributed by atoms with Gasteiger partial charge in [-0.1, -0.05) is 18.2 Å². The zero-order valence-corrected chi connectivity index (χ0v) is 17.2. The summed E-state index contributed by atoms with van der Waals surface area (Å²) in [7, 11) is 0. The Bertz CT molecular complexity index is 942. The number of rotatable bonds is 7. The van der Waals surface area contributed by atoms with E-state index in [2.05, 4.69) is 5.32 Å². The van der Waals surface area contributed by atoms with Crippen molar-refractivity contribution in [2.24, 2.45) is 0 Å². The predicted molar refractivity (Wildman–Crippen MR) is 106 cm³/mol. The second-order valence-electron chi connectivity index (χ2n) is 7.55. The summed E-state index contributed by atoms with van der Waals surface area (Å²) in [5.74, 6) is 0. The van der Waals surface area contributed by atoms with Crippen LogP contribution in [-0.4, -0.2) is 42.6 Å². The van der Waals surface area contributed by atoms with Crippen molar-refractivity contribution in [3.63, 3.8) is 0 Å². The lowest BCUT2D eigenvalue weighted by atomic mass is 10.0. The van der Waals surface area contributed by atoms with Crippen molar-refractivity contribution < 1.29 is 36.0 Å². The third-order valence-electron chi connectivity index (χ3n) is 5.28. The summed E-state index contributed by atoms with van der Waals surface area (Å²) < 4.78 is 84.1. The lowest BCUT2D eigenvalue weighted by Crippen LogP contribution is -2.46. The van der Waals surface area contributed by atoms with E-state index in [1.54, 1.807) is 12.1 Å². The van der Waals surface area contributed by atoms with Gasteiger partial charge in [-0.05, 0) is 23.8 Å². The quantitative estimate of drug-likeness (QED) is 0.353. The zero-order chi connectivity index (χ0) is 24.2. The molecule has 1 heterocycles. The van der Waals surface area contributed by atoms with Crippen molar-refractivity contribution in [2.75, 3.05) is 32.8 Å². The summed E-state index contributed by atoms with van der Waals surface area (Å²) >= 11 is 0. The normalized spacial score (nSPS) is 16.5. The molecule has 0 aliphatic carbocycles. The van der Waals surface area contributed by atoms with Crippen molar-refractivity contribution in [2.45, 2.75) is 25.0 Å². The molecule has 0 amide bonds. The highest BCUT2D eigenvalue weighted by Gasteiger charge is 2.37. The van der Waals surface area contributed by atoms with Crippen LogP contribution in [0.25, 0.3) is 0 Å². The second-order valence-corrected chi connectivity index (χ2v) is 7.55. The molecule has 6 nitrogen and oxygen atoms in total. The van der Waals surface area contributed by atoms with E-state index in [0.29, 0.717) is 43.9 Å². The van der Waals surface area contributed by atoms with Gasteiger partial charge in [-0.3, -0.25) is 15.0 Å². The van der Waals surface area contributed by atoms with Crippen molar-refractivity contribution in [3.8, 4) is 0 Å². The van der Waals surface area contributed by atoms with Crippen LogP contribution in [0.15, 0.2) is 42.5 Å². The first-order chi connectivity index (χ1) is 15.5. The van der Waals surface area contributed by atoms with Gasteiger partial charge in [-0.15, -0.1) is 0 Å². The molecular weight excluding hydrogens is 456 g/mol. The van der Waals surface area contributed by atoms with Crippen molar-refractivity contribution >= 4 is 5.69 Å². The van der Waals surface area contributed by atoms with Gasteiger partial charge in [-0.2, -0.15) is 26.3 Å². The number of nitrogens with one attached hydrogen (secondary N) is 1. The van der Waals surface area contributed by atoms with E-state index in [4.69, 9.17) is 4.74 Å². The Hall–Kier alpha value is -2.70. The van der Waals surface area contributed by atoms with Crippen molar-refractivity contribution in [1.29, 1.82) is 0 Å². The molecule has 2 aromatic carbocycles. The van der Waals surface area contributed by atoms with Gasteiger partial charge >= 0.3 is 12.4 Å². The fourth-order valence-corrected chi connectivity index (χ4v) is 3.71. The van der Waals surface area contributed by atoms with Gasteiger partial charge in [0, 0.05) is 37.8 Å². The molecule has 0 spiro atoms. The molecule has 3 rings (SSSR count). The molecule has 0 aromatic heterocycles. The third-order valence-corrected chi connectivity index (χ3v) is 5.28. The number of para-hydroxylation sites is 1. The van der Waals surface area contributed by atoms with E-state index in [-0.39, 0.29) is 23.9 Å². The minimum absolute atomic E-state index is 0.0559. The number of piperazine rings is 1. The lowest BCUT2D eigenvalue weighted by Gasteiger charge is -2.34. The van der Waals surface area contributed by atoms with Crippen LogP contribution in [0.4, 0.5) is 32.0 Å². The van der Waals surface area contributed by atoms with Gasteiger partial charge in [0.1, 0.15) is 0 Å². The van der Waals surface area contributed by atoms with Crippen LogP contribution in [0.2, 0.25) is 0 Å². The number of hydrogen-bond acceptors (Lipinski definition) is 5. The molecular formula is C21H21F6N3O3. The Morgan fingerprint density at radius 3 is 2.12 bits per heavy atom. The molecule has 1 aliphatic heterocycles. The molecule has 1 unspecified atom stereocenters. The molecule has 0 radical (unpaired) electrons. The molecule has 33 heavy (non-hydrogen) atoms. The van der Waals surface area contributed by atoms with E-state index in [0.717, 1.165) is 0 Å². The van der Waals surface area contributed by atoms with Gasteiger partial charge in [0.25, 0.3) is 5.69 Å². The number of nitro groups is 1. The second kappa shape index (κ2) is 10.1. The summed E-state index contributed by atoms with van der Waals surface area (Å²) in [6.07, 6.45) is -9.91. The van der Waals surface area contributed by atoms with E-state index >= 15 is 0 Å². The first-order valence-electron chi connectivity index (χ1n) is 10.0. The Kier molecular flexibility index (Phi) is 7.60. The highest BCUT2D eigenvalue weighted by Crippen LogP contribution is 2.37. The van der Waals surface area contributed by atoms with E-state index in [1.807, 2.05) is 4.90 Å². The number of ether oxygens (including phenoxy) is 1. The number of halogens is 6. The molecule has 0 saturated carbocycles. The maximum absolute atomic E-state index is 13.1. The Labute approximate surface area is 185 Å². The number of nitro benzene ring substituents is 1. The Morgan fingerprint density at radius 2 is 1.58 bits per heavy atom. The lowest BCUT2D eigenvalue weighted by molar-refractivity contribution is -0.386. The largest absolute Gasteiger partial charge is 0.416 e. The predicted octanol–water partition coefficient (Wildman–Crippen LogP) is 4.80. The third kappa shape index (κ3) is 6.42. The first kappa shape index (κ1) is 24.9. The van der Waals surface area contributed by atoms with E-state index < -0.39 is 41.1 Å². The topological polar surface area (TPSA) is 67.6 Å².